The van der Waals surface area contributed by atoms with Gasteiger partial charge in [0.1, 0.15) is 0 Å². The lowest BCUT2D eigenvalue weighted by Gasteiger charge is -2.15. The molecule has 0 spiro atoms. The van der Waals surface area contributed by atoms with Crippen LogP contribution in [0.25, 0.3) is 0 Å². The topological polar surface area (TPSA) is 66.5 Å². The van der Waals surface area contributed by atoms with E-state index in [2.05, 4.69) is 5.32 Å². The summed E-state index contributed by atoms with van der Waals surface area (Å²) in [6, 6.07) is 10.4. The lowest BCUT2D eigenvalue weighted by Crippen LogP contribution is -2.27. The Kier molecular flexibility index (Phi) is 5.33. The zero-order chi connectivity index (χ0) is 17.0. The van der Waals surface area contributed by atoms with Crippen molar-refractivity contribution in [2.24, 2.45) is 0 Å². The van der Waals surface area contributed by atoms with Crippen molar-refractivity contribution in [3.05, 3.63) is 46.7 Å². The van der Waals surface area contributed by atoms with Crippen molar-refractivity contribution in [2.75, 3.05) is 18.4 Å². The van der Waals surface area contributed by atoms with Gasteiger partial charge in [0.05, 0.1) is 4.90 Å². The highest BCUT2D eigenvalue weighted by atomic mass is 32.2. The number of hydrogen-bond acceptors (Lipinski definition) is 4. The van der Waals surface area contributed by atoms with Crippen molar-refractivity contribution in [1.29, 1.82) is 0 Å². The molecule has 0 saturated carbocycles. The summed E-state index contributed by atoms with van der Waals surface area (Å²) in [7, 11) is -3.40. The SMILES string of the molecule is O=C(CCc1cccs1)Nc1ccc(S(=O)(=O)N2CCCC2)cc1. The molecule has 1 saturated heterocycles. The fourth-order valence-electron chi connectivity index (χ4n) is 2.70. The third kappa shape index (κ3) is 4.03. The van der Waals surface area contributed by atoms with Crippen LogP contribution in [0, 0.1) is 0 Å². The predicted octanol–water partition coefficient (Wildman–Crippen LogP) is 3.10. The Morgan fingerprint density at radius 1 is 1.12 bits per heavy atom. The Bertz CT molecular complexity index is 778. The summed E-state index contributed by atoms with van der Waals surface area (Å²) in [5.41, 5.74) is 0.617. The van der Waals surface area contributed by atoms with Crippen molar-refractivity contribution >= 4 is 33.0 Å². The number of rotatable bonds is 6. The van der Waals surface area contributed by atoms with Gasteiger partial charge in [-0.1, -0.05) is 6.07 Å². The molecule has 0 bridgehead atoms. The first kappa shape index (κ1) is 17.1. The van der Waals surface area contributed by atoms with Crippen molar-refractivity contribution < 1.29 is 13.2 Å². The Balaban J connectivity index is 1.59. The first-order valence-corrected chi connectivity index (χ1v) is 10.3. The highest BCUT2D eigenvalue weighted by molar-refractivity contribution is 7.89. The van der Waals surface area contributed by atoms with Crippen LogP contribution in [-0.2, 0) is 21.2 Å². The maximum absolute atomic E-state index is 12.4. The summed E-state index contributed by atoms with van der Waals surface area (Å²) in [4.78, 5) is 13.4. The number of carbonyl (C=O) groups excluding carboxylic acids is 1. The molecule has 24 heavy (non-hydrogen) atoms. The summed E-state index contributed by atoms with van der Waals surface area (Å²) < 4.78 is 26.4. The minimum absolute atomic E-state index is 0.0708. The lowest BCUT2D eigenvalue weighted by molar-refractivity contribution is -0.116. The number of nitrogens with zero attached hydrogens (tertiary/aromatic N) is 1. The third-order valence-electron chi connectivity index (χ3n) is 4.02. The number of anilines is 1. The van der Waals surface area contributed by atoms with Crippen LogP contribution in [0.1, 0.15) is 24.1 Å². The molecular weight excluding hydrogens is 344 g/mol. The van der Waals surface area contributed by atoms with Gasteiger partial charge in [-0.3, -0.25) is 4.79 Å². The van der Waals surface area contributed by atoms with Gasteiger partial charge in [0.2, 0.25) is 15.9 Å². The van der Waals surface area contributed by atoms with E-state index < -0.39 is 10.0 Å². The zero-order valence-electron chi connectivity index (χ0n) is 13.3. The van der Waals surface area contributed by atoms with E-state index in [1.54, 1.807) is 35.6 Å². The summed E-state index contributed by atoms with van der Waals surface area (Å²) in [5.74, 6) is -0.0708. The molecule has 7 heteroatoms. The average molecular weight is 364 g/mol. The minimum Gasteiger partial charge on any atom is -0.326 e. The van der Waals surface area contributed by atoms with Crippen molar-refractivity contribution in [3.8, 4) is 0 Å². The maximum atomic E-state index is 12.4. The Hall–Kier alpha value is -1.70. The molecule has 1 aromatic carbocycles. The molecule has 1 aromatic heterocycles. The maximum Gasteiger partial charge on any atom is 0.243 e. The second-order valence-electron chi connectivity index (χ2n) is 5.76. The van der Waals surface area contributed by atoms with Gasteiger partial charge in [-0.25, -0.2) is 8.42 Å². The van der Waals surface area contributed by atoms with E-state index in [0.29, 0.717) is 31.6 Å². The van der Waals surface area contributed by atoms with Crippen molar-refractivity contribution in [1.82, 2.24) is 4.31 Å². The molecule has 1 fully saturated rings. The fourth-order valence-corrected chi connectivity index (χ4v) is 4.93. The predicted molar refractivity (Wildman–Crippen MR) is 95.7 cm³/mol. The van der Waals surface area contributed by atoms with Crippen molar-refractivity contribution in [3.63, 3.8) is 0 Å². The number of hydrogen-bond donors (Lipinski definition) is 1. The molecule has 128 valence electrons. The Morgan fingerprint density at radius 3 is 2.46 bits per heavy atom. The minimum atomic E-state index is -3.40. The summed E-state index contributed by atoms with van der Waals surface area (Å²) in [6.45, 7) is 1.17. The number of nitrogens with one attached hydrogen (secondary N) is 1. The quantitative estimate of drug-likeness (QED) is 0.856. The van der Waals surface area contributed by atoms with E-state index in [4.69, 9.17) is 0 Å². The van der Waals surface area contributed by atoms with Gasteiger partial charge in [-0.15, -0.1) is 11.3 Å². The van der Waals surface area contributed by atoms with E-state index in [0.717, 1.165) is 12.8 Å². The third-order valence-corrected chi connectivity index (χ3v) is 6.87. The first-order chi connectivity index (χ1) is 11.6. The number of aryl methyl sites for hydroxylation is 1. The van der Waals surface area contributed by atoms with Gasteiger partial charge >= 0.3 is 0 Å². The van der Waals surface area contributed by atoms with Gasteiger partial charge in [0.25, 0.3) is 0 Å². The standard InChI is InChI=1S/C17H20N2O3S2/c20-17(10-7-15-4-3-13-23-15)18-14-5-8-16(9-6-14)24(21,22)19-11-1-2-12-19/h3-6,8-9,13H,1-2,7,10-12H2,(H,18,20). The Labute approximate surface area is 146 Å². The first-order valence-electron chi connectivity index (χ1n) is 7.98. The van der Waals surface area contributed by atoms with Crippen LogP contribution in [0.15, 0.2) is 46.7 Å². The molecule has 1 N–H and O–H groups in total. The van der Waals surface area contributed by atoms with Crippen LogP contribution in [0.2, 0.25) is 0 Å². The largest absolute Gasteiger partial charge is 0.326 e. The highest BCUT2D eigenvalue weighted by Gasteiger charge is 2.26. The van der Waals surface area contributed by atoms with Gasteiger partial charge in [0.15, 0.2) is 0 Å². The summed E-state index contributed by atoms with van der Waals surface area (Å²) >= 11 is 1.64. The van der Waals surface area contributed by atoms with E-state index >= 15 is 0 Å². The average Bonchev–Trinajstić information content (AvgIpc) is 3.27. The monoisotopic (exact) mass is 364 g/mol. The number of sulfonamides is 1. The van der Waals surface area contributed by atoms with Gasteiger partial charge < -0.3 is 5.32 Å². The molecule has 1 aliphatic heterocycles. The molecule has 1 amide bonds. The van der Waals surface area contributed by atoms with Crippen LogP contribution in [0.5, 0.6) is 0 Å². The van der Waals surface area contributed by atoms with E-state index in [-0.39, 0.29) is 10.8 Å². The number of benzene rings is 1. The van der Waals surface area contributed by atoms with Crippen molar-refractivity contribution in [2.45, 2.75) is 30.6 Å². The molecule has 0 unspecified atom stereocenters. The van der Waals surface area contributed by atoms with E-state index in [1.807, 2.05) is 17.5 Å². The lowest BCUT2D eigenvalue weighted by atomic mass is 10.2. The second kappa shape index (κ2) is 7.46. The number of amides is 1. The van der Waals surface area contributed by atoms with Gasteiger partial charge in [-0.2, -0.15) is 4.31 Å². The molecule has 0 atom stereocenters. The van der Waals surface area contributed by atoms with Crippen LogP contribution in [-0.4, -0.2) is 31.7 Å². The molecular formula is C17H20N2O3S2. The fraction of sp³-hybridized carbons (Fsp3) is 0.353. The number of carbonyl (C=O) groups is 1. The smallest absolute Gasteiger partial charge is 0.243 e. The molecule has 0 aliphatic carbocycles. The van der Waals surface area contributed by atoms with Crippen LogP contribution in [0.4, 0.5) is 5.69 Å². The highest BCUT2D eigenvalue weighted by Crippen LogP contribution is 2.22. The van der Waals surface area contributed by atoms with Crippen LogP contribution in [0.3, 0.4) is 0 Å². The van der Waals surface area contributed by atoms with E-state index in [9.17, 15) is 13.2 Å². The number of thiophene rings is 1. The molecule has 1 aliphatic rings. The molecule has 0 radical (unpaired) electrons. The molecule has 2 heterocycles. The van der Waals surface area contributed by atoms with Crippen LogP contribution < -0.4 is 5.32 Å². The molecule has 5 nitrogen and oxygen atoms in total. The summed E-state index contributed by atoms with van der Waals surface area (Å²) in [6.07, 6.45) is 2.95. The van der Waals surface area contributed by atoms with Gasteiger partial charge in [-0.05, 0) is 55.0 Å². The van der Waals surface area contributed by atoms with E-state index in [1.165, 1.54) is 9.18 Å². The zero-order valence-corrected chi connectivity index (χ0v) is 14.9. The molecule has 2 aromatic rings. The second-order valence-corrected chi connectivity index (χ2v) is 8.73. The normalized spacial score (nSPS) is 15.5. The summed E-state index contributed by atoms with van der Waals surface area (Å²) in [5, 5.41) is 4.80. The van der Waals surface area contributed by atoms with Crippen LogP contribution >= 0.6 is 11.3 Å². The van der Waals surface area contributed by atoms with Gasteiger partial charge in [0, 0.05) is 30.1 Å². The Morgan fingerprint density at radius 2 is 1.83 bits per heavy atom. The molecule has 3 rings (SSSR count).